The lowest BCUT2D eigenvalue weighted by molar-refractivity contribution is -0.275. The Kier molecular flexibility index (Phi) is 11.9. The number of allylic oxidation sites excluding steroid dienone is 2. The molecule has 0 N–H and O–H groups in total. The van der Waals surface area contributed by atoms with Crippen molar-refractivity contribution in [3.8, 4) is 11.5 Å². The van der Waals surface area contributed by atoms with Gasteiger partial charge in [0, 0.05) is 11.1 Å². The predicted octanol–water partition coefficient (Wildman–Crippen LogP) is 12.7. The highest BCUT2D eigenvalue weighted by Gasteiger charge is 2.32. The highest BCUT2D eigenvalue weighted by Crippen LogP contribution is 2.36. The first kappa shape index (κ1) is 37.7. The van der Waals surface area contributed by atoms with Crippen molar-refractivity contribution in [1.29, 1.82) is 0 Å². The van der Waals surface area contributed by atoms with Gasteiger partial charge in [-0.05, 0) is 126 Å². The molecule has 2 nitrogen and oxygen atoms in total. The van der Waals surface area contributed by atoms with Crippen LogP contribution < -0.4 is 9.47 Å². The van der Waals surface area contributed by atoms with Gasteiger partial charge in [0.05, 0.1) is 0 Å². The molecule has 2 aliphatic rings. The summed E-state index contributed by atoms with van der Waals surface area (Å²) in [6, 6.07) is 19.2. The molecule has 270 valence electrons. The Bertz CT molecular complexity index is 1900. The summed E-state index contributed by atoms with van der Waals surface area (Å²) < 4.78 is 111. The second-order valence-corrected chi connectivity index (χ2v) is 12.6. The van der Waals surface area contributed by atoms with Crippen LogP contribution in [-0.2, 0) is 25.7 Å². The molecule has 4 aromatic rings. The van der Waals surface area contributed by atoms with Crippen molar-refractivity contribution in [3.63, 3.8) is 0 Å². The first-order valence-corrected chi connectivity index (χ1v) is 17.0. The summed E-state index contributed by atoms with van der Waals surface area (Å²) in [6.45, 7) is 4.14. The number of unbranched alkanes of at least 4 members (excludes halogenated alkanes) is 1. The number of aryl methyl sites for hydroxylation is 4. The van der Waals surface area contributed by atoms with Gasteiger partial charge in [-0.15, -0.1) is 26.3 Å². The molecule has 0 aromatic heterocycles. The molecule has 6 rings (SSSR count). The maximum absolute atomic E-state index is 14.5. The van der Waals surface area contributed by atoms with E-state index in [1.54, 1.807) is 36.4 Å². The van der Waals surface area contributed by atoms with Gasteiger partial charge in [0.25, 0.3) is 0 Å². The van der Waals surface area contributed by atoms with Crippen LogP contribution in [-0.4, -0.2) is 12.7 Å². The zero-order chi connectivity index (χ0) is 36.8. The molecule has 0 bridgehead atoms. The van der Waals surface area contributed by atoms with Crippen molar-refractivity contribution in [1.82, 2.24) is 0 Å². The van der Waals surface area contributed by atoms with Crippen LogP contribution >= 0.6 is 0 Å². The molecule has 4 aromatic carbocycles. The van der Waals surface area contributed by atoms with E-state index in [-0.39, 0.29) is 23.1 Å². The van der Waals surface area contributed by atoms with E-state index in [0.717, 1.165) is 76.6 Å². The SMILES string of the molecule is CCCCc1ccc(C2=Cc3ccc(OC(F)(F)F)cc3CC2)c(F)c1.CCCc1ccc(C2=Cc3ccc(OC(F)(F)F)cc3CC2)c(F)c1. The summed E-state index contributed by atoms with van der Waals surface area (Å²) in [5.74, 6) is -0.944. The molecule has 10 heteroatoms. The van der Waals surface area contributed by atoms with Gasteiger partial charge in [0.1, 0.15) is 23.1 Å². The third-order valence-corrected chi connectivity index (χ3v) is 8.80. The Hall–Kier alpha value is -4.60. The number of ether oxygens (including phenoxy) is 2. The summed E-state index contributed by atoms with van der Waals surface area (Å²) in [7, 11) is 0. The highest BCUT2D eigenvalue weighted by molar-refractivity contribution is 5.85. The van der Waals surface area contributed by atoms with Crippen LogP contribution in [0.5, 0.6) is 11.5 Å². The van der Waals surface area contributed by atoms with E-state index in [4.69, 9.17) is 0 Å². The van der Waals surface area contributed by atoms with Crippen molar-refractivity contribution in [3.05, 3.63) is 129 Å². The van der Waals surface area contributed by atoms with Crippen LogP contribution in [0, 0.1) is 11.6 Å². The van der Waals surface area contributed by atoms with Gasteiger partial charge in [-0.1, -0.05) is 75.2 Å². The molecule has 0 amide bonds. The van der Waals surface area contributed by atoms with Crippen LogP contribution in [0.25, 0.3) is 23.3 Å². The lowest BCUT2D eigenvalue weighted by Gasteiger charge is -2.19. The van der Waals surface area contributed by atoms with Gasteiger partial charge in [0.2, 0.25) is 0 Å². The van der Waals surface area contributed by atoms with Crippen LogP contribution in [0.2, 0.25) is 0 Å². The quantitative estimate of drug-likeness (QED) is 0.161. The second-order valence-electron chi connectivity index (χ2n) is 12.6. The van der Waals surface area contributed by atoms with Gasteiger partial charge in [-0.2, -0.15) is 0 Å². The zero-order valence-electron chi connectivity index (χ0n) is 28.3. The number of fused-ring (bicyclic) bond motifs is 2. The van der Waals surface area contributed by atoms with Crippen molar-refractivity contribution in [2.75, 3.05) is 0 Å². The van der Waals surface area contributed by atoms with Gasteiger partial charge in [0.15, 0.2) is 0 Å². The van der Waals surface area contributed by atoms with Crippen molar-refractivity contribution in [2.45, 2.75) is 84.4 Å². The minimum absolute atomic E-state index is 0.223. The largest absolute Gasteiger partial charge is 0.573 e. The average Bonchev–Trinajstić information content (AvgIpc) is 3.06. The van der Waals surface area contributed by atoms with Gasteiger partial charge >= 0.3 is 12.7 Å². The summed E-state index contributed by atoms with van der Waals surface area (Å²) >= 11 is 0. The topological polar surface area (TPSA) is 18.5 Å². The fraction of sp³-hybridized carbons (Fsp3) is 0.317. The molecule has 0 unspecified atom stereocenters. The number of alkyl halides is 6. The number of halogens is 8. The average molecular weight is 715 g/mol. The lowest BCUT2D eigenvalue weighted by Crippen LogP contribution is -2.17. The zero-order valence-corrected chi connectivity index (χ0v) is 28.3. The normalized spacial score (nSPS) is 14.0. The van der Waals surface area contributed by atoms with Crippen LogP contribution in [0.4, 0.5) is 35.1 Å². The number of benzene rings is 4. The molecule has 0 spiro atoms. The van der Waals surface area contributed by atoms with E-state index in [9.17, 15) is 35.1 Å². The smallest absolute Gasteiger partial charge is 0.406 e. The molecule has 0 heterocycles. The monoisotopic (exact) mass is 714 g/mol. The Morgan fingerprint density at radius 3 is 1.37 bits per heavy atom. The van der Waals surface area contributed by atoms with Crippen molar-refractivity contribution < 1.29 is 44.6 Å². The highest BCUT2D eigenvalue weighted by atomic mass is 19.4. The van der Waals surface area contributed by atoms with Crippen LogP contribution in [0.1, 0.15) is 90.5 Å². The molecule has 0 radical (unpaired) electrons. The molecule has 2 aliphatic carbocycles. The van der Waals surface area contributed by atoms with E-state index in [1.807, 2.05) is 31.2 Å². The Morgan fingerprint density at radius 1 is 0.529 bits per heavy atom. The molecule has 0 saturated carbocycles. The lowest BCUT2D eigenvalue weighted by atomic mass is 9.88. The Balaban J connectivity index is 0.000000198. The first-order chi connectivity index (χ1) is 24.2. The van der Waals surface area contributed by atoms with Gasteiger partial charge < -0.3 is 9.47 Å². The van der Waals surface area contributed by atoms with Gasteiger partial charge in [-0.3, -0.25) is 0 Å². The summed E-state index contributed by atoms with van der Waals surface area (Å²) in [5.41, 5.74) is 7.94. The molecule has 0 saturated heterocycles. The minimum Gasteiger partial charge on any atom is -0.406 e. The van der Waals surface area contributed by atoms with Crippen LogP contribution in [0.3, 0.4) is 0 Å². The number of hydrogen-bond acceptors (Lipinski definition) is 2. The van der Waals surface area contributed by atoms with E-state index in [0.29, 0.717) is 36.8 Å². The Morgan fingerprint density at radius 2 is 0.980 bits per heavy atom. The van der Waals surface area contributed by atoms with E-state index in [1.165, 1.54) is 24.3 Å². The Labute approximate surface area is 292 Å². The third-order valence-electron chi connectivity index (χ3n) is 8.80. The van der Waals surface area contributed by atoms with E-state index < -0.39 is 12.7 Å². The van der Waals surface area contributed by atoms with E-state index in [2.05, 4.69) is 16.4 Å². The molecule has 0 aliphatic heterocycles. The molecule has 0 fully saturated rings. The fourth-order valence-electron chi connectivity index (χ4n) is 6.38. The fourth-order valence-corrected chi connectivity index (χ4v) is 6.38. The summed E-state index contributed by atoms with van der Waals surface area (Å²) in [5, 5.41) is 0. The first-order valence-electron chi connectivity index (χ1n) is 17.0. The number of rotatable bonds is 9. The number of hydrogen-bond donors (Lipinski definition) is 0. The van der Waals surface area contributed by atoms with Crippen molar-refractivity contribution >= 4 is 23.3 Å². The minimum atomic E-state index is -4.70. The standard InChI is InChI=1S/C21H20F4O.C20H18F4O/c1-2-3-4-14-5-10-19(20(22)11-14)17-7-6-16-13-18(26-21(23,24)25)9-8-15(16)12-17;1-2-3-13-4-9-18(19(21)10-13)16-6-5-15-12-17(25-20(22,23)24)8-7-14(15)11-16/h5,8-13H,2-4,6-7H2,1H3;4,7-12H,2-3,5-6H2,1H3. The molecular formula is C41H38F8O2. The third kappa shape index (κ3) is 10.5. The van der Waals surface area contributed by atoms with Crippen molar-refractivity contribution in [2.24, 2.45) is 0 Å². The van der Waals surface area contributed by atoms with Crippen LogP contribution in [0.15, 0.2) is 72.8 Å². The van der Waals surface area contributed by atoms with E-state index >= 15 is 0 Å². The maximum atomic E-state index is 14.5. The summed E-state index contributed by atoms with van der Waals surface area (Å²) in [6.07, 6.45) is 1.27. The molecule has 51 heavy (non-hydrogen) atoms. The molecular weight excluding hydrogens is 676 g/mol. The van der Waals surface area contributed by atoms with Gasteiger partial charge in [-0.25, -0.2) is 8.78 Å². The predicted molar refractivity (Wildman–Crippen MR) is 184 cm³/mol. The second kappa shape index (κ2) is 16.2. The molecule has 0 atom stereocenters. The summed E-state index contributed by atoms with van der Waals surface area (Å²) in [4.78, 5) is 0. The maximum Gasteiger partial charge on any atom is 0.573 e.